The molecule has 0 atom stereocenters. The number of anilines is 2. The Morgan fingerprint density at radius 3 is 2.87 bits per heavy atom. The molecule has 1 rings (SSSR count). The van der Waals surface area contributed by atoms with Crippen LogP contribution >= 0.6 is 15.9 Å². The van der Waals surface area contributed by atoms with E-state index in [1.165, 1.54) is 6.33 Å². The third-order valence-electron chi connectivity index (χ3n) is 1.66. The Morgan fingerprint density at radius 2 is 2.33 bits per heavy atom. The maximum atomic E-state index is 10.7. The highest BCUT2D eigenvalue weighted by Gasteiger charge is 2.13. The van der Waals surface area contributed by atoms with Gasteiger partial charge < -0.3 is 16.1 Å². The van der Waals surface area contributed by atoms with Gasteiger partial charge in [-0.2, -0.15) is 0 Å². The molecule has 0 spiro atoms. The molecule has 0 radical (unpaired) electrons. The number of carbonyl (C=O) groups is 1. The quantitative estimate of drug-likeness (QED) is 0.502. The molecule has 0 saturated carbocycles. The summed E-state index contributed by atoms with van der Waals surface area (Å²) in [4.78, 5) is 20.2. The Morgan fingerprint density at radius 1 is 1.67 bits per heavy atom. The minimum absolute atomic E-state index is 0.0691. The Kier molecular flexibility index (Phi) is 3.81. The fourth-order valence-electron chi connectivity index (χ4n) is 1.04. The van der Waals surface area contributed by atoms with Crippen LogP contribution in [-0.2, 0) is 4.79 Å². The Bertz CT molecular complexity index is 370. The van der Waals surface area contributed by atoms with Crippen LogP contribution < -0.4 is 21.9 Å². The molecule has 1 heterocycles. The van der Waals surface area contributed by atoms with E-state index >= 15 is 0 Å². The molecule has 0 aliphatic heterocycles. The minimum atomic E-state index is -0.440. The van der Waals surface area contributed by atoms with E-state index in [0.29, 0.717) is 16.1 Å². The summed E-state index contributed by atoms with van der Waals surface area (Å²) in [5, 5.41) is 0. The van der Waals surface area contributed by atoms with Gasteiger partial charge in [0.2, 0.25) is 5.91 Å². The number of aromatic nitrogens is 2. The predicted molar refractivity (Wildman–Crippen MR) is 60.0 cm³/mol. The van der Waals surface area contributed by atoms with Gasteiger partial charge >= 0.3 is 0 Å². The number of nitrogens with zero attached hydrogens (tertiary/aromatic N) is 3. The van der Waals surface area contributed by atoms with Gasteiger partial charge in [-0.05, 0) is 15.9 Å². The first kappa shape index (κ1) is 11.7. The van der Waals surface area contributed by atoms with Crippen LogP contribution in [0.1, 0.15) is 0 Å². The highest BCUT2D eigenvalue weighted by molar-refractivity contribution is 9.10. The highest BCUT2D eigenvalue weighted by Crippen LogP contribution is 2.27. The average molecular weight is 275 g/mol. The van der Waals surface area contributed by atoms with E-state index in [1.807, 2.05) is 0 Å². The molecule has 0 saturated heterocycles. The van der Waals surface area contributed by atoms with E-state index in [2.05, 4.69) is 31.3 Å². The van der Waals surface area contributed by atoms with Gasteiger partial charge in [-0.1, -0.05) is 0 Å². The number of nitrogens with one attached hydrogen (secondary N) is 1. The lowest BCUT2D eigenvalue weighted by Gasteiger charge is -2.18. The van der Waals surface area contributed by atoms with Gasteiger partial charge in [-0.25, -0.2) is 15.8 Å². The van der Waals surface area contributed by atoms with Crippen molar-refractivity contribution in [2.75, 3.05) is 23.9 Å². The molecule has 1 amide bonds. The lowest BCUT2D eigenvalue weighted by molar-refractivity contribution is -0.116. The Hall–Kier alpha value is -1.41. The number of likely N-dealkylation sites (N-methyl/N-ethyl adjacent to an activating group) is 1. The topological polar surface area (TPSA) is 110 Å². The maximum Gasteiger partial charge on any atom is 0.236 e. The predicted octanol–water partition coefficient (Wildman–Crippen LogP) is -0.554. The number of nitrogens with two attached hydrogens (primary N) is 2. The van der Waals surface area contributed by atoms with Gasteiger partial charge in [0, 0.05) is 7.05 Å². The van der Waals surface area contributed by atoms with Crippen molar-refractivity contribution in [2.24, 2.45) is 11.6 Å². The Labute approximate surface area is 95.0 Å². The van der Waals surface area contributed by atoms with Crippen LogP contribution in [0.15, 0.2) is 10.8 Å². The van der Waals surface area contributed by atoms with Gasteiger partial charge in [-0.15, -0.1) is 0 Å². The average Bonchev–Trinajstić information content (AvgIpc) is 2.17. The van der Waals surface area contributed by atoms with Crippen LogP contribution in [0.5, 0.6) is 0 Å². The third-order valence-corrected chi connectivity index (χ3v) is 2.39. The molecule has 0 fully saturated rings. The minimum Gasteiger partial charge on any atom is -0.368 e. The fourth-order valence-corrected chi connectivity index (χ4v) is 1.66. The summed E-state index contributed by atoms with van der Waals surface area (Å²) < 4.78 is 0.580. The number of nitrogen functional groups attached to an aromatic ring is 1. The van der Waals surface area contributed by atoms with E-state index < -0.39 is 5.91 Å². The molecule has 7 nitrogen and oxygen atoms in total. The highest BCUT2D eigenvalue weighted by atomic mass is 79.9. The van der Waals surface area contributed by atoms with Crippen molar-refractivity contribution in [3.05, 3.63) is 10.8 Å². The monoisotopic (exact) mass is 274 g/mol. The fraction of sp³-hybridized carbons (Fsp3) is 0.286. The smallest absolute Gasteiger partial charge is 0.236 e. The number of hydrogen-bond donors (Lipinski definition) is 3. The van der Waals surface area contributed by atoms with Gasteiger partial charge in [0.15, 0.2) is 5.82 Å². The molecule has 0 unspecified atom stereocenters. The van der Waals surface area contributed by atoms with Crippen molar-refractivity contribution in [1.29, 1.82) is 0 Å². The summed E-state index contributed by atoms with van der Waals surface area (Å²) in [5.41, 5.74) is 7.47. The summed E-state index contributed by atoms with van der Waals surface area (Å²) in [7, 11) is 1.69. The lowest BCUT2D eigenvalue weighted by Crippen LogP contribution is -2.31. The zero-order valence-electron chi connectivity index (χ0n) is 8.07. The van der Waals surface area contributed by atoms with Gasteiger partial charge in [0.25, 0.3) is 0 Å². The van der Waals surface area contributed by atoms with Crippen molar-refractivity contribution in [1.82, 2.24) is 9.97 Å². The van der Waals surface area contributed by atoms with E-state index in [0.717, 1.165) is 0 Å². The largest absolute Gasteiger partial charge is 0.368 e. The van der Waals surface area contributed by atoms with Crippen LogP contribution in [-0.4, -0.2) is 29.5 Å². The third kappa shape index (κ3) is 2.77. The van der Waals surface area contributed by atoms with Crippen LogP contribution in [0.25, 0.3) is 0 Å². The van der Waals surface area contributed by atoms with Crippen molar-refractivity contribution in [3.8, 4) is 0 Å². The van der Waals surface area contributed by atoms with Crippen molar-refractivity contribution >= 4 is 33.5 Å². The first-order valence-electron chi connectivity index (χ1n) is 4.02. The summed E-state index contributed by atoms with van der Waals surface area (Å²) >= 11 is 3.27. The second kappa shape index (κ2) is 4.89. The number of primary amides is 1. The van der Waals surface area contributed by atoms with Gasteiger partial charge in [0.1, 0.15) is 16.6 Å². The number of amides is 1. The molecule has 0 aromatic carbocycles. The molecule has 15 heavy (non-hydrogen) atoms. The van der Waals surface area contributed by atoms with E-state index in [4.69, 9.17) is 11.6 Å². The first-order chi connectivity index (χ1) is 7.06. The molecule has 82 valence electrons. The number of carbonyl (C=O) groups excluding carboxylic acids is 1. The summed E-state index contributed by atoms with van der Waals surface area (Å²) in [6.07, 6.45) is 1.34. The van der Waals surface area contributed by atoms with Crippen LogP contribution in [0.4, 0.5) is 11.6 Å². The second-order valence-electron chi connectivity index (χ2n) is 2.83. The van der Waals surface area contributed by atoms with Crippen LogP contribution in [0.2, 0.25) is 0 Å². The van der Waals surface area contributed by atoms with Gasteiger partial charge in [0.05, 0.1) is 6.54 Å². The second-order valence-corrected chi connectivity index (χ2v) is 3.62. The zero-order chi connectivity index (χ0) is 11.4. The molecule has 1 aromatic rings. The van der Waals surface area contributed by atoms with Crippen molar-refractivity contribution < 1.29 is 4.79 Å². The molecule has 1 aromatic heterocycles. The molecule has 0 aliphatic rings. The molecule has 8 heteroatoms. The maximum absolute atomic E-state index is 10.7. The van der Waals surface area contributed by atoms with Gasteiger partial charge in [-0.3, -0.25) is 4.79 Å². The van der Waals surface area contributed by atoms with E-state index in [-0.39, 0.29) is 6.54 Å². The SMILES string of the molecule is CN(CC(N)=O)c1ncnc(NN)c1Br. The van der Waals surface area contributed by atoms with Crippen LogP contribution in [0.3, 0.4) is 0 Å². The summed E-state index contributed by atoms with van der Waals surface area (Å²) in [6, 6.07) is 0. The normalized spacial score (nSPS) is 9.80. The molecule has 5 N–H and O–H groups in total. The number of hydrazine groups is 1. The molecular weight excluding hydrogens is 264 g/mol. The van der Waals surface area contributed by atoms with E-state index in [9.17, 15) is 4.79 Å². The summed E-state index contributed by atoms with van der Waals surface area (Å²) in [6.45, 7) is 0.0691. The van der Waals surface area contributed by atoms with Crippen molar-refractivity contribution in [2.45, 2.75) is 0 Å². The lowest BCUT2D eigenvalue weighted by atomic mass is 10.4. The summed E-state index contributed by atoms with van der Waals surface area (Å²) in [5.74, 6) is 5.78. The number of rotatable bonds is 4. The first-order valence-corrected chi connectivity index (χ1v) is 4.82. The molecule has 0 aliphatic carbocycles. The number of hydrogen-bond acceptors (Lipinski definition) is 6. The Balaban J connectivity index is 2.98. The van der Waals surface area contributed by atoms with E-state index in [1.54, 1.807) is 11.9 Å². The van der Waals surface area contributed by atoms with Crippen molar-refractivity contribution in [3.63, 3.8) is 0 Å². The molecule has 0 bridgehead atoms. The molecular formula is C7H11BrN6O. The van der Waals surface area contributed by atoms with Crippen LogP contribution in [0, 0.1) is 0 Å². The number of halogens is 1. The zero-order valence-corrected chi connectivity index (χ0v) is 9.65. The standard InChI is InChI=1S/C7H11BrN6O/c1-14(2-4(9)15)7-5(8)6(13-10)11-3-12-7/h3H,2,10H2,1H3,(H2,9,15)(H,11,12,13).